The van der Waals surface area contributed by atoms with Crippen molar-refractivity contribution < 1.29 is 0 Å². The van der Waals surface area contributed by atoms with Crippen LogP contribution < -0.4 is 4.90 Å². The van der Waals surface area contributed by atoms with Crippen molar-refractivity contribution in [1.29, 1.82) is 5.26 Å². The maximum Gasteiger partial charge on any atom is 0.145 e. The van der Waals surface area contributed by atoms with E-state index >= 15 is 0 Å². The Labute approximate surface area is 127 Å². The zero-order valence-electron chi connectivity index (χ0n) is 12.1. The van der Waals surface area contributed by atoms with Gasteiger partial charge in [0, 0.05) is 17.6 Å². The third-order valence-corrected chi connectivity index (χ3v) is 4.74. The van der Waals surface area contributed by atoms with E-state index in [0.29, 0.717) is 5.56 Å². The minimum Gasteiger partial charge on any atom is -0.329 e. The van der Waals surface area contributed by atoms with Crippen LogP contribution in [0.5, 0.6) is 0 Å². The number of rotatable bonds is 2. The molecule has 2 aromatic heterocycles. The molecule has 0 aliphatic carbocycles. The van der Waals surface area contributed by atoms with Gasteiger partial charge in [-0.3, -0.25) is 0 Å². The first kappa shape index (κ1) is 13.5. The van der Waals surface area contributed by atoms with Crippen molar-refractivity contribution in [2.24, 2.45) is 0 Å². The molecule has 1 aromatic carbocycles. The van der Waals surface area contributed by atoms with Crippen LogP contribution >= 0.6 is 11.3 Å². The lowest BCUT2D eigenvalue weighted by molar-refractivity contribution is 1.11. The average molecular weight is 294 g/mol. The molecule has 0 saturated carbocycles. The van der Waals surface area contributed by atoms with Gasteiger partial charge in [-0.1, -0.05) is 6.07 Å². The molecular weight excluding hydrogens is 280 g/mol. The Bertz CT molecular complexity index is 860. The van der Waals surface area contributed by atoms with Gasteiger partial charge in [-0.05, 0) is 37.6 Å². The van der Waals surface area contributed by atoms with Gasteiger partial charge in [0.15, 0.2) is 0 Å². The van der Waals surface area contributed by atoms with E-state index in [1.54, 1.807) is 23.7 Å². The molecule has 0 amide bonds. The average Bonchev–Trinajstić information content (AvgIpc) is 2.81. The van der Waals surface area contributed by atoms with E-state index in [-0.39, 0.29) is 0 Å². The first-order valence-corrected chi connectivity index (χ1v) is 7.38. The summed E-state index contributed by atoms with van der Waals surface area (Å²) >= 11 is 1.68. The fourth-order valence-electron chi connectivity index (χ4n) is 2.32. The second-order valence-electron chi connectivity index (χ2n) is 4.88. The number of aryl methyl sites for hydroxylation is 2. The third kappa shape index (κ3) is 2.24. The summed E-state index contributed by atoms with van der Waals surface area (Å²) in [7, 11) is 1.96. The van der Waals surface area contributed by atoms with Crippen molar-refractivity contribution in [3.8, 4) is 6.07 Å². The van der Waals surface area contributed by atoms with E-state index in [0.717, 1.165) is 21.7 Å². The molecule has 0 aliphatic rings. The molecule has 0 spiro atoms. The number of nitriles is 1. The van der Waals surface area contributed by atoms with Crippen molar-refractivity contribution in [2.45, 2.75) is 13.8 Å². The molecule has 0 radical (unpaired) electrons. The van der Waals surface area contributed by atoms with Gasteiger partial charge >= 0.3 is 0 Å². The van der Waals surface area contributed by atoms with Gasteiger partial charge < -0.3 is 4.90 Å². The van der Waals surface area contributed by atoms with Crippen LogP contribution in [0.4, 0.5) is 11.5 Å². The van der Waals surface area contributed by atoms with Gasteiger partial charge in [0.05, 0.1) is 17.0 Å². The number of fused-ring (bicyclic) bond motifs is 1. The number of thiophene rings is 1. The van der Waals surface area contributed by atoms with Crippen molar-refractivity contribution >= 4 is 33.1 Å². The fourth-order valence-corrected chi connectivity index (χ4v) is 3.32. The molecule has 0 N–H and O–H groups in total. The van der Waals surface area contributed by atoms with Gasteiger partial charge in [0.1, 0.15) is 17.0 Å². The lowest BCUT2D eigenvalue weighted by Gasteiger charge is -2.19. The minimum absolute atomic E-state index is 0.642. The van der Waals surface area contributed by atoms with Crippen molar-refractivity contribution in [3.05, 3.63) is 46.6 Å². The summed E-state index contributed by atoms with van der Waals surface area (Å²) in [5.41, 5.74) is 2.80. The van der Waals surface area contributed by atoms with Crippen LogP contribution in [0.25, 0.3) is 10.2 Å². The molecule has 0 unspecified atom stereocenters. The largest absolute Gasteiger partial charge is 0.329 e. The number of anilines is 2. The number of aromatic nitrogens is 2. The summed E-state index contributed by atoms with van der Waals surface area (Å²) in [6.45, 7) is 4.20. The molecule has 4 nitrogen and oxygen atoms in total. The van der Waals surface area contributed by atoms with E-state index in [1.165, 1.54) is 10.4 Å². The van der Waals surface area contributed by atoms with E-state index in [1.807, 2.05) is 30.1 Å². The topological polar surface area (TPSA) is 52.8 Å². The van der Waals surface area contributed by atoms with Crippen molar-refractivity contribution in [2.75, 3.05) is 11.9 Å². The number of hydrogen-bond donors (Lipinski definition) is 0. The number of nitrogens with zero attached hydrogens (tertiary/aromatic N) is 4. The zero-order valence-corrected chi connectivity index (χ0v) is 12.9. The Morgan fingerprint density at radius 3 is 2.81 bits per heavy atom. The molecule has 3 rings (SSSR count). The SMILES string of the molecule is Cc1sc2ncnc(N(C)c3cccc(C#N)c3)c2c1C. The molecule has 0 aliphatic heterocycles. The second-order valence-corrected chi connectivity index (χ2v) is 6.09. The summed E-state index contributed by atoms with van der Waals surface area (Å²) in [5.74, 6) is 0.872. The predicted octanol–water partition coefficient (Wildman–Crippen LogP) is 3.95. The monoisotopic (exact) mass is 294 g/mol. The highest BCUT2D eigenvalue weighted by Gasteiger charge is 2.16. The molecule has 0 saturated heterocycles. The molecule has 0 bridgehead atoms. The third-order valence-electron chi connectivity index (χ3n) is 3.63. The molecule has 21 heavy (non-hydrogen) atoms. The number of hydrogen-bond acceptors (Lipinski definition) is 5. The lowest BCUT2D eigenvalue weighted by atomic mass is 10.1. The highest BCUT2D eigenvalue weighted by molar-refractivity contribution is 7.18. The first-order valence-electron chi connectivity index (χ1n) is 6.56. The summed E-state index contributed by atoms with van der Waals surface area (Å²) in [4.78, 5) is 13.1. The van der Waals surface area contributed by atoms with Crippen LogP contribution in [-0.2, 0) is 0 Å². The van der Waals surface area contributed by atoms with Crippen molar-refractivity contribution in [3.63, 3.8) is 0 Å². The van der Waals surface area contributed by atoms with Crippen molar-refractivity contribution in [1.82, 2.24) is 9.97 Å². The summed E-state index contributed by atoms with van der Waals surface area (Å²) in [6, 6.07) is 9.69. The van der Waals surface area contributed by atoms with E-state index in [4.69, 9.17) is 5.26 Å². The van der Waals surface area contributed by atoms with E-state index in [2.05, 4.69) is 29.9 Å². The Kier molecular flexibility index (Phi) is 3.32. The highest BCUT2D eigenvalue weighted by Crippen LogP contribution is 2.36. The van der Waals surface area contributed by atoms with Crippen LogP contribution in [-0.4, -0.2) is 17.0 Å². The molecular formula is C16H14N4S. The minimum atomic E-state index is 0.642. The maximum absolute atomic E-state index is 9.04. The number of benzene rings is 1. The molecule has 104 valence electrons. The molecule has 0 atom stereocenters. The van der Waals surface area contributed by atoms with Crippen LogP contribution in [0.15, 0.2) is 30.6 Å². The molecule has 0 fully saturated rings. The first-order chi connectivity index (χ1) is 10.1. The Morgan fingerprint density at radius 2 is 2.05 bits per heavy atom. The second kappa shape index (κ2) is 5.15. The predicted molar refractivity (Wildman–Crippen MR) is 86.1 cm³/mol. The highest BCUT2D eigenvalue weighted by atomic mass is 32.1. The van der Waals surface area contributed by atoms with Gasteiger partial charge in [-0.15, -0.1) is 11.3 Å². The van der Waals surface area contributed by atoms with E-state index < -0.39 is 0 Å². The smallest absolute Gasteiger partial charge is 0.145 e. The van der Waals surface area contributed by atoms with Crippen LogP contribution in [0.3, 0.4) is 0 Å². The molecule has 2 heterocycles. The van der Waals surface area contributed by atoms with Gasteiger partial charge in [-0.25, -0.2) is 9.97 Å². The van der Waals surface area contributed by atoms with Gasteiger partial charge in [0.2, 0.25) is 0 Å². The standard InChI is InChI=1S/C16H14N4S/c1-10-11(2)21-16-14(10)15(18-9-19-16)20(3)13-6-4-5-12(7-13)8-17/h4-7,9H,1-3H3. The van der Waals surface area contributed by atoms with Crippen LogP contribution in [0.2, 0.25) is 0 Å². The van der Waals surface area contributed by atoms with Gasteiger partial charge in [0.25, 0.3) is 0 Å². The zero-order chi connectivity index (χ0) is 15.0. The normalized spacial score (nSPS) is 10.6. The Hall–Kier alpha value is -2.45. The molecule has 3 aromatic rings. The quantitative estimate of drug-likeness (QED) is 0.718. The van der Waals surface area contributed by atoms with E-state index in [9.17, 15) is 0 Å². The molecule has 5 heteroatoms. The lowest BCUT2D eigenvalue weighted by Crippen LogP contribution is -2.12. The van der Waals surface area contributed by atoms with Crippen LogP contribution in [0, 0.1) is 25.2 Å². The van der Waals surface area contributed by atoms with Crippen LogP contribution in [0.1, 0.15) is 16.0 Å². The summed E-state index contributed by atoms with van der Waals surface area (Å²) < 4.78 is 0. The Morgan fingerprint density at radius 1 is 1.24 bits per heavy atom. The fraction of sp³-hybridized carbons (Fsp3) is 0.188. The maximum atomic E-state index is 9.04. The summed E-state index contributed by atoms with van der Waals surface area (Å²) in [5, 5.41) is 10.1. The Balaban J connectivity index is 2.18. The van der Waals surface area contributed by atoms with Gasteiger partial charge in [-0.2, -0.15) is 5.26 Å². The summed E-state index contributed by atoms with van der Waals surface area (Å²) in [6.07, 6.45) is 1.59.